The lowest BCUT2D eigenvalue weighted by Gasteiger charge is -2.45. The second kappa shape index (κ2) is 10.1. The van der Waals surface area contributed by atoms with Gasteiger partial charge in [-0.25, -0.2) is 4.39 Å². The molecule has 1 atom stereocenters. The van der Waals surface area contributed by atoms with Crippen LogP contribution in [0.25, 0.3) is 0 Å². The lowest BCUT2D eigenvalue weighted by molar-refractivity contribution is -0.139. The number of ether oxygens (including phenoxy) is 3. The fraction of sp³-hybridized carbons (Fsp3) is 0.464. The molecule has 0 aromatic heterocycles. The lowest BCUT2D eigenvalue weighted by atomic mass is 9.96. The molecule has 2 aromatic carbocycles. The summed E-state index contributed by atoms with van der Waals surface area (Å²) in [6, 6.07) is 9.65. The first kappa shape index (κ1) is 25.6. The number of hydrogen-bond donors (Lipinski definition) is 0. The van der Waals surface area contributed by atoms with Gasteiger partial charge in [-0.05, 0) is 49.5 Å². The minimum Gasteiger partial charge on any atom is -0.454 e. The Morgan fingerprint density at radius 1 is 0.821 bits per heavy atom. The van der Waals surface area contributed by atoms with E-state index < -0.39 is 17.6 Å². The maximum absolute atomic E-state index is 13.9. The third kappa shape index (κ3) is 4.70. The van der Waals surface area contributed by atoms with Crippen molar-refractivity contribution in [2.24, 2.45) is 0 Å². The number of hydrogen-bond acceptors (Lipinski definition) is 7. The van der Waals surface area contributed by atoms with E-state index in [0.29, 0.717) is 56.1 Å². The topological polar surface area (TPSA) is 91.9 Å². The molecule has 0 bridgehead atoms. The van der Waals surface area contributed by atoms with E-state index in [1.807, 2.05) is 7.05 Å². The number of benzene rings is 2. The van der Waals surface area contributed by atoms with Crippen molar-refractivity contribution in [2.75, 3.05) is 59.7 Å². The largest absolute Gasteiger partial charge is 0.454 e. The van der Waals surface area contributed by atoms with E-state index in [9.17, 15) is 18.8 Å². The summed E-state index contributed by atoms with van der Waals surface area (Å²) in [4.78, 5) is 48.0. The number of likely N-dealkylation sites (tertiary alicyclic amines) is 1. The van der Waals surface area contributed by atoms with Gasteiger partial charge in [-0.15, -0.1) is 0 Å². The SMILES string of the molecule is CN1CCN(C(=O)C2COC3(CCN(C(=O)c4ccc5c(c4)OCO5)CC3)N2C(=O)c2ccc(F)cc2)CC1. The Kier molecular flexibility index (Phi) is 6.64. The van der Waals surface area contributed by atoms with Gasteiger partial charge in [0, 0.05) is 63.2 Å². The van der Waals surface area contributed by atoms with E-state index in [2.05, 4.69) is 4.90 Å². The van der Waals surface area contributed by atoms with E-state index in [0.717, 1.165) is 13.1 Å². The molecule has 4 heterocycles. The molecule has 1 spiro atoms. The van der Waals surface area contributed by atoms with Crippen LogP contribution in [0.15, 0.2) is 42.5 Å². The van der Waals surface area contributed by atoms with E-state index in [1.165, 1.54) is 24.3 Å². The average Bonchev–Trinajstić information content (AvgIpc) is 3.57. The Balaban J connectivity index is 1.23. The normalized spacial score (nSPS) is 22.4. The van der Waals surface area contributed by atoms with Gasteiger partial charge in [-0.3, -0.25) is 19.3 Å². The fourth-order valence-electron chi connectivity index (χ4n) is 5.80. The summed E-state index contributed by atoms with van der Waals surface area (Å²) in [5.41, 5.74) is -0.259. The zero-order valence-corrected chi connectivity index (χ0v) is 21.8. The van der Waals surface area contributed by atoms with Gasteiger partial charge < -0.3 is 28.9 Å². The third-order valence-electron chi connectivity index (χ3n) is 8.12. The second-order valence-corrected chi connectivity index (χ2v) is 10.4. The highest BCUT2D eigenvalue weighted by Gasteiger charge is 2.55. The number of carbonyl (C=O) groups is 3. The van der Waals surface area contributed by atoms with Crippen molar-refractivity contribution >= 4 is 17.7 Å². The van der Waals surface area contributed by atoms with Gasteiger partial charge in [0.1, 0.15) is 17.6 Å². The molecule has 0 N–H and O–H groups in total. The van der Waals surface area contributed by atoms with Gasteiger partial charge in [0.15, 0.2) is 11.5 Å². The molecule has 0 saturated carbocycles. The molecule has 10 nitrogen and oxygen atoms in total. The summed E-state index contributed by atoms with van der Waals surface area (Å²) < 4.78 is 30.7. The summed E-state index contributed by atoms with van der Waals surface area (Å²) in [5, 5.41) is 0. The Labute approximate surface area is 225 Å². The quantitative estimate of drug-likeness (QED) is 0.589. The number of piperazine rings is 1. The van der Waals surface area contributed by atoms with Crippen LogP contribution in [0.5, 0.6) is 11.5 Å². The Bertz CT molecular complexity index is 1270. The van der Waals surface area contributed by atoms with Crippen molar-refractivity contribution in [3.8, 4) is 11.5 Å². The van der Waals surface area contributed by atoms with Crippen LogP contribution in [-0.2, 0) is 9.53 Å². The van der Waals surface area contributed by atoms with Gasteiger partial charge >= 0.3 is 0 Å². The molecule has 3 amide bonds. The smallest absolute Gasteiger partial charge is 0.256 e. The molecule has 4 aliphatic heterocycles. The van der Waals surface area contributed by atoms with Crippen LogP contribution in [0.4, 0.5) is 4.39 Å². The van der Waals surface area contributed by atoms with Gasteiger partial charge in [0.05, 0.1) is 6.61 Å². The third-order valence-corrected chi connectivity index (χ3v) is 8.12. The number of rotatable bonds is 3. The number of carbonyl (C=O) groups excluding carboxylic acids is 3. The number of nitrogens with zero attached hydrogens (tertiary/aromatic N) is 4. The van der Waals surface area contributed by atoms with Crippen LogP contribution in [0.2, 0.25) is 0 Å². The van der Waals surface area contributed by atoms with Crippen LogP contribution in [0.1, 0.15) is 33.6 Å². The monoisotopic (exact) mass is 538 g/mol. The predicted octanol–water partition coefficient (Wildman–Crippen LogP) is 1.80. The number of piperidine rings is 1. The van der Waals surface area contributed by atoms with Crippen LogP contribution in [0, 0.1) is 5.82 Å². The summed E-state index contributed by atoms with van der Waals surface area (Å²) in [6.07, 6.45) is 0.700. The minimum atomic E-state index is -1.04. The molecule has 6 rings (SSSR count). The van der Waals surface area contributed by atoms with E-state index in [4.69, 9.17) is 14.2 Å². The highest BCUT2D eigenvalue weighted by molar-refractivity contribution is 5.99. The number of likely N-dealkylation sites (N-methyl/N-ethyl adjacent to an activating group) is 1. The highest BCUT2D eigenvalue weighted by atomic mass is 19.1. The fourth-order valence-corrected chi connectivity index (χ4v) is 5.80. The molecule has 11 heteroatoms. The lowest BCUT2D eigenvalue weighted by Crippen LogP contribution is -2.61. The Hall–Kier alpha value is -3.70. The minimum absolute atomic E-state index is 0.0776. The summed E-state index contributed by atoms with van der Waals surface area (Å²) in [6.45, 7) is 3.56. The van der Waals surface area contributed by atoms with Crippen LogP contribution in [0.3, 0.4) is 0 Å². The first-order chi connectivity index (χ1) is 18.8. The van der Waals surface area contributed by atoms with Gasteiger partial charge in [0.25, 0.3) is 11.8 Å². The van der Waals surface area contributed by atoms with Gasteiger partial charge in [-0.2, -0.15) is 0 Å². The van der Waals surface area contributed by atoms with E-state index >= 15 is 0 Å². The molecular weight excluding hydrogens is 507 g/mol. The zero-order chi connectivity index (χ0) is 27.1. The first-order valence-electron chi connectivity index (χ1n) is 13.2. The first-order valence-corrected chi connectivity index (χ1v) is 13.2. The molecule has 1 unspecified atom stereocenters. The van der Waals surface area contributed by atoms with Crippen molar-refractivity contribution in [3.05, 3.63) is 59.4 Å². The Morgan fingerprint density at radius 3 is 2.21 bits per heavy atom. The maximum atomic E-state index is 13.9. The summed E-state index contributed by atoms with van der Waals surface area (Å²) in [5.74, 6) is 0.0241. The van der Waals surface area contributed by atoms with Crippen LogP contribution >= 0.6 is 0 Å². The summed E-state index contributed by atoms with van der Waals surface area (Å²) in [7, 11) is 2.01. The average molecular weight is 539 g/mol. The molecule has 206 valence electrons. The summed E-state index contributed by atoms with van der Waals surface area (Å²) >= 11 is 0. The molecular formula is C28H31FN4O6. The highest BCUT2D eigenvalue weighted by Crippen LogP contribution is 2.40. The maximum Gasteiger partial charge on any atom is 0.256 e. The van der Waals surface area contributed by atoms with Crippen molar-refractivity contribution < 1.29 is 33.0 Å². The molecule has 3 saturated heterocycles. The van der Waals surface area contributed by atoms with Gasteiger partial charge in [0.2, 0.25) is 12.7 Å². The Morgan fingerprint density at radius 2 is 1.49 bits per heavy atom. The van der Waals surface area contributed by atoms with Crippen LogP contribution < -0.4 is 9.47 Å². The number of fused-ring (bicyclic) bond motifs is 1. The zero-order valence-electron chi connectivity index (χ0n) is 21.8. The molecule has 0 radical (unpaired) electrons. The predicted molar refractivity (Wildman–Crippen MR) is 137 cm³/mol. The molecule has 0 aliphatic carbocycles. The number of amides is 3. The van der Waals surface area contributed by atoms with Crippen molar-refractivity contribution in [1.29, 1.82) is 0 Å². The standard InChI is InChI=1S/C28H31FN4O6/c1-30-12-14-32(15-13-30)27(36)22-17-39-28(33(22)26(35)19-2-5-21(29)6-3-19)8-10-31(11-9-28)25(34)20-4-7-23-24(16-20)38-18-37-23/h2-7,16,22H,8-15,17-18H2,1H3. The van der Waals surface area contributed by atoms with Crippen LogP contribution in [-0.4, -0.2) is 109 Å². The van der Waals surface area contributed by atoms with E-state index in [-0.39, 0.29) is 36.7 Å². The second-order valence-electron chi connectivity index (χ2n) is 10.4. The van der Waals surface area contributed by atoms with Crippen molar-refractivity contribution in [3.63, 3.8) is 0 Å². The van der Waals surface area contributed by atoms with Gasteiger partial charge in [-0.1, -0.05) is 0 Å². The van der Waals surface area contributed by atoms with E-state index in [1.54, 1.807) is 32.9 Å². The molecule has 3 fully saturated rings. The van der Waals surface area contributed by atoms with Crippen molar-refractivity contribution in [2.45, 2.75) is 24.6 Å². The van der Waals surface area contributed by atoms with Crippen molar-refractivity contribution in [1.82, 2.24) is 19.6 Å². The number of halogens is 1. The molecule has 4 aliphatic rings. The molecule has 39 heavy (non-hydrogen) atoms. The molecule has 2 aromatic rings.